The average Bonchev–Trinajstić information content (AvgIpc) is 3.32. The van der Waals surface area contributed by atoms with E-state index in [1.54, 1.807) is 18.4 Å². The minimum atomic E-state index is -0.127. The van der Waals surface area contributed by atoms with Gasteiger partial charge in [-0.3, -0.25) is 4.79 Å². The Hall–Kier alpha value is -2.66. The Morgan fingerprint density at radius 3 is 2.88 bits per heavy atom. The van der Waals surface area contributed by atoms with Gasteiger partial charge in [-0.2, -0.15) is 0 Å². The summed E-state index contributed by atoms with van der Waals surface area (Å²) in [4.78, 5) is 17.3. The lowest BCUT2D eigenvalue weighted by atomic mass is 10.1. The first-order valence-electron chi connectivity index (χ1n) is 8.20. The van der Waals surface area contributed by atoms with Gasteiger partial charge >= 0.3 is 0 Å². The Balaban J connectivity index is 1.68. The molecule has 122 valence electrons. The van der Waals surface area contributed by atoms with Crippen LogP contribution in [0.4, 0.5) is 0 Å². The summed E-state index contributed by atoms with van der Waals surface area (Å²) in [5.74, 6) is 1.07. The van der Waals surface area contributed by atoms with Gasteiger partial charge in [-0.15, -0.1) is 0 Å². The van der Waals surface area contributed by atoms with Crippen LogP contribution < -0.4 is 11.1 Å². The maximum Gasteiger partial charge on any atom is 0.252 e. The van der Waals surface area contributed by atoms with Crippen molar-refractivity contribution in [2.24, 2.45) is 11.7 Å². The number of rotatable bonds is 5. The zero-order valence-electron chi connectivity index (χ0n) is 13.2. The monoisotopic (exact) mass is 321 g/mol. The summed E-state index contributed by atoms with van der Waals surface area (Å²) < 4.78 is 5.43. The van der Waals surface area contributed by atoms with Gasteiger partial charge in [0.25, 0.3) is 5.91 Å². The Morgan fingerprint density at radius 1 is 1.29 bits per heavy atom. The first-order chi connectivity index (χ1) is 11.7. The van der Waals surface area contributed by atoms with Gasteiger partial charge in [-0.05, 0) is 43.0 Å². The second-order valence-corrected chi connectivity index (χ2v) is 6.26. The Labute approximate surface area is 139 Å². The molecule has 3 aromatic rings. The van der Waals surface area contributed by atoms with Crippen molar-refractivity contribution in [1.29, 1.82) is 0 Å². The quantitative estimate of drug-likeness (QED) is 0.757. The van der Waals surface area contributed by atoms with Gasteiger partial charge in [-0.25, -0.2) is 4.98 Å². The summed E-state index contributed by atoms with van der Waals surface area (Å²) >= 11 is 0. The van der Waals surface area contributed by atoms with Crippen molar-refractivity contribution < 1.29 is 9.21 Å². The lowest BCUT2D eigenvalue weighted by Crippen LogP contribution is -2.38. The molecular formula is C19H19N3O2. The minimum Gasteiger partial charge on any atom is -0.463 e. The highest BCUT2D eigenvalue weighted by Gasteiger charge is 2.28. The van der Waals surface area contributed by atoms with Crippen molar-refractivity contribution in [2.75, 3.05) is 6.54 Å². The van der Waals surface area contributed by atoms with Crippen LogP contribution in [0.2, 0.25) is 0 Å². The summed E-state index contributed by atoms with van der Waals surface area (Å²) in [5, 5.41) is 3.79. The highest BCUT2D eigenvalue weighted by Crippen LogP contribution is 2.31. The summed E-state index contributed by atoms with van der Waals surface area (Å²) in [5.41, 5.74) is 8.09. The number of carbonyl (C=O) groups excluding carboxylic acids is 1. The molecule has 4 rings (SSSR count). The Kier molecular flexibility index (Phi) is 3.78. The van der Waals surface area contributed by atoms with E-state index in [2.05, 4.69) is 10.3 Å². The maximum atomic E-state index is 12.7. The minimum absolute atomic E-state index is 0.0339. The molecule has 1 amide bonds. The number of amides is 1. The molecule has 0 spiro atoms. The largest absolute Gasteiger partial charge is 0.463 e. The molecule has 1 aromatic carbocycles. The fourth-order valence-corrected chi connectivity index (χ4v) is 2.91. The van der Waals surface area contributed by atoms with Gasteiger partial charge in [0.05, 0.1) is 17.3 Å². The third kappa shape index (κ3) is 2.90. The second kappa shape index (κ2) is 6.09. The van der Waals surface area contributed by atoms with Crippen molar-refractivity contribution >= 4 is 16.8 Å². The highest BCUT2D eigenvalue weighted by atomic mass is 16.3. The number of carbonyl (C=O) groups is 1. The standard InChI is InChI=1S/C19H19N3O2/c20-15(12-7-8-12)11-21-19(23)14-10-17(18-6-3-9-24-18)22-16-5-2-1-4-13(14)16/h1-6,9-10,12,15H,7-8,11,20H2,(H,21,23). The van der Waals surface area contributed by atoms with Crippen molar-refractivity contribution in [3.8, 4) is 11.5 Å². The van der Waals surface area contributed by atoms with Gasteiger partial charge in [-0.1, -0.05) is 18.2 Å². The van der Waals surface area contributed by atoms with Crippen molar-refractivity contribution in [3.63, 3.8) is 0 Å². The van der Waals surface area contributed by atoms with Crippen LogP contribution >= 0.6 is 0 Å². The molecule has 0 bridgehead atoms. The number of hydrogen-bond acceptors (Lipinski definition) is 4. The van der Waals surface area contributed by atoms with Crippen molar-refractivity contribution in [1.82, 2.24) is 10.3 Å². The topological polar surface area (TPSA) is 81.1 Å². The van der Waals surface area contributed by atoms with Crippen LogP contribution in [0.3, 0.4) is 0 Å². The second-order valence-electron chi connectivity index (χ2n) is 6.26. The fraction of sp³-hybridized carbons (Fsp3) is 0.263. The van der Waals surface area contributed by atoms with Gasteiger partial charge in [0.15, 0.2) is 5.76 Å². The molecule has 5 nitrogen and oxygen atoms in total. The zero-order chi connectivity index (χ0) is 16.5. The van der Waals surface area contributed by atoms with Crippen molar-refractivity contribution in [2.45, 2.75) is 18.9 Å². The van der Waals surface area contributed by atoms with Gasteiger partial charge in [0, 0.05) is 18.0 Å². The normalized spacial score (nSPS) is 15.4. The molecule has 0 aliphatic heterocycles. The fourth-order valence-electron chi connectivity index (χ4n) is 2.91. The van der Waals surface area contributed by atoms with E-state index >= 15 is 0 Å². The summed E-state index contributed by atoms with van der Waals surface area (Å²) in [6, 6.07) is 13.1. The maximum absolute atomic E-state index is 12.7. The lowest BCUT2D eigenvalue weighted by Gasteiger charge is -2.13. The van der Waals surface area contributed by atoms with E-state index in [-0.39, 0.29) is 11.9 Å². The predicted molar refractivity (Wildman–Crippen MR) is 92.5 cm³/mol. The molecule has 3 N–H and O–H groups in total. The average molecular weight is 321 g/mol. The number of aromatic nitrogens is 1. The van der Waals surface area contributed by atoms with Gasteiger partial charge < -0.3 is 15.5 Å². The molecule has 1 fully saturated rings. The first kappa shape index (κ1) is 14.9. The molecule has 0 radical (unpaired) electrons. The zero-order valence-corrected chi connectivity index (χ0v) is 13.2. The number of para-hydroxylation sites is 1. The summed E-state index contributed by atoms with van der Waals surface area (Å²) in [6.07, 6.45) is 3.93. The molecule has 1 aliphatic carbocycles. The molecule has 1 aliphatic rings. The van der Waals surface area contributed by atoms with E-state index in [0.717, 1.165) is 23.7 Å². The van der Waals surface area contributed by atoms with Crippen LogP contribution in [-0.4, -0.2) is 23.5 Å². The molecule has 2 aromatic heterocycles. The molecule has 0 saturated heterocycles. The molecule has 1 atom stereocenters. The van der Waals surface area contributed by atoms with E-state index in [4.69, 9.17) is 10.2 Å². The molecule has 1 unspecified atom stereocenters. The van der Waals surface area contributed by atoms with E-state index in [9.17, 15) is 4.79 Å². The van der Waals surface area contributed by atoms with Crippen LogP contribution in [-0.2, 0) is 0 Å². The van der Waals surface area contributed by atoms with Gasteiger partial charge in [0.2, 0.25) is 0 Å². The predicted octanol–water partition coefficient (Wildman–Crippen LogP) is 2.96. The van der Waals surface area contributed by atoms with Crippen LogP contribution in [0.15, 0.2) is 53.1 Å². The number of hydrogen-bond donors (Lipinski definition) is 2. The van der Waals surface area contributed by atoms with E-state index in [1.165, 1.54) is 0 Å². The van der Waals surface area contributed by atoms with Crippen LogP contribution in [0.25, 0.3) is 22.4 Å². The number of nitrogens with zero attached hydrogens (tertiary/aromatic N) is 1. The van der Waals surface area contributed by atoms with Crippen LogP contribution in [0.1, 0.15) is 23.2 Å². The van der Waals surface area contributed by atoms with Crippen LogP contribution in [0, 0.1) is 5.92 Å². The van der Waals surface area contributed by atoms with E-state index < -0.39 is 0 Å². The molecule has 1 saturated carbocycles. The highest BCUT2D eigenvalue weighted by molar-refractivity contribution is 6.07. The van der Waals surface area contributed by atoms with E-state index in [0.29, 0.717) is 29.5 Å². The Bertz CT molecular complexity index is 869. The lowest BCUT2D eigenvalue weighted by molar-refractivity contribution is 0.0952. The van der Waals surface area contributed by atoms with E-state index in [1.807, 2.05) is 30.3 Å². The third-order valence-corrected chi connectivity index (χ3v) is 4.46. The number of benzene rings is 1. The third-order valence-electron chi connectivity index (χ3n) is 4.46. The number of nitrogens with one attached hydrogen (secondary N) is 1. The van der Waals surface area contributed by atoms with Crippen molar-refractivity contribution in [3.05, 3.63) is 54.3 Å². The molecule has 5 heteroatoms. The number of nitrogens with two attached hydrogens (primary N) is 1. The van der Waals surface area contributed by atoms with Gasteiger partial charge in [0.1, 0.15) is 5.69 Å². The smallest absolute Gasteiger partial charge is 0.252 e. The number of furan rings is 1. The Morgan fingerprint density at radius 2 is 2.12 bits per heavy atom. The summed E-state index contributed by atoms with van der Waals surface area (Å²) in [7, 11) is 0. The molecule has 2 heterocycles. The SMILES string of the molecule is NC(CNC(=O)c1cc(-c2ccco2)nc2ccccc12)C1CC1. The van der Waals surface area contributed by atoms with Crippen LogP contribution in [0.5, 0.6) is 0 Å². The molecular weight excluding hydrogens is 302 g/mol. The first-order valence-corrected chi connectivity index (χ1v) is 8.20. The molecule has 24 heavy (non-hydrogen) atoms. The number of fused-ring (bicyclic) bond motifs is 1. The summed E-state index contributed by atoms with van der Waals surface area (Å²) in [6.45, 7) is 0.496. The number of pyridine rings is 1.